The molecule has 0 spiro atoms. The topological polar surface area (TPSA) is 64.0 Å². The highest BCUT2D eigenvalue weighted by molar-refractivity contribution is 7.91. The lowest BCUT2D eigenvalue weighted by Crippen LogP contribution is -2.22. The number of aryl methyl sites for hydroxylation is 2. The minimum absolute atomic E-state index is 0.00972. The molecule has 0 bridgehead atoms. The van der Waals surface area contributed by atoms with Crippen LogP contribution in [-0.4, -0.2) is 35.5 Å². The van der Waals surface area contributed by atoms with Crippen molar-refractivity contribution in [1.82, 2.24) is 9.55 Å². The maximum absolute atomic E-state index is 11.3. The quantitative estimate of drug-likeness (QED) is 0.793. The fourth-order valence-corrected chi connectivity index (χ4v) is 3.52. The SMILES string of the molecule is Cc1cn(C)c(NC2CCS(=O)(=O)C2)n1. The molecule has 1 aromatic heterocycles. The van der Waals surface area contributed by atoms with Gasteiger partial charge in [-0.3, -0.25) is 0 Å². The summed E-state index contributed by atoms with van der Waals surface area (Å²) < 4.78 is 24.4. The number of rotatable bonds is 2. The number of nitrogens with zero attached hydrogens (tertiary/aromatic N) is 2. The molecule has 1 unspecified atom stereocenters. The van der Waals surface area contributed by atoms with Crippen LogP contribution in [0.15, 0.2) is 6.20 Å². The molecule has 2 heterocycles. The van der Waals surface area contributed by atoms with Crippen molar-refractivity contribution in [3.63, 3.8) is 0 Å². The number of aromatic nitrogens is 2. The van der Waals surface area contributed by atoms with Gasteiger partial charge in [-0.25, -0.2) is 13.4 Å². The predicted octanol–water partition coefficient (Wildman–Crippen LogP) is 0.328. The van der Waals surface area contributed by atoms with Crippen molar-refractivity contribution in [3.05, 3.63) is 11.9 Å². The number of anilines is 1. The lowest BCUT2D eigenvalue weighted by molar-refractivity contribution is 0.602. The van der Waals surface area contributed by atoms with Crippen LogP contribution < -0.4 is 5.32 Å². The van der Waals surface area contributed by atoms with Gasteiger partial charge in [0.05, 0.1) is 17.2 Å². The lowest BCUT2D eigenvalue weighted by Gasteiger charge is -2.10. The van der Waals surface area contributed by atoms with Gasteiger partial charge in [0.2, 0.25) is 5.95 Å². The molecule has 5 nitrogen and oxygen atoms in total. The van der Waals surface area contributed by atoms with E-state index in [0.29, 0.717) is 6.42 Å². The fourth-order valence-electron chi connectivity index (χ4n) is 1.84. The first-order valence-corrected chi connectivity index (χ1v) is 6.75. The summed E-state index contributed by atoms with van der Waals surface area (Å²) in [6, 6.07) is 0.00972. The van der Waals surface area contributed by atoms with Crippen LogP contribution in [0, 0.1) is 6.92 Å². The summed E-state index contributed by atoms with van der Waals surface area (Å²) in [5.74, 6) is 1.25. The van der Waals surface area contributed by atoms with E-state index in [0.717, 1.165) is 11.6 Å². The minimum Gasteiger partial charge on any atom is -0.352 e. The molecule has 6 heteroatoms. The minimum atomic E-state index is -2.82. The van der Waals surface area contributed by atoms with E-state index in [4.69, 9.17) is 0 Å². The Bertz CT molecular complexity index is 464. The fraction of sp³-hybridized carbons (Fsp3) is 0.667. The van der Waals surface area contributed by atoms with Crippen LogP contribution in [0.4, 0.5) is 5.95 Å². The monoisotopic (exact) mass is 229 g/mol. The number of hydrogen-bond donors (Lipinski definition) is 1. The summed E-state index contributed by atoms with van der Waals surface area (Å²) in [7, 11) is -0.927. The van der Waals surface area contributed by atoms with Gasteiger partial charge in [0, 0.05) is 19.3 Å². The molecule has 1 saturated heterocycles. The van der Waals surface area contributed by atoms with Crippen molar-refractivity contribution in [2.75, 3.05) is 16.8 Å². The molecule has 1 aliphatic rings. The number of sulfone groups is 1. The summed E-state index contributed by atoms with van der Waals surface area (Å²) in [6.07, 6.45) is 2.58. The van der Waals surface area contributed by atoms with E-state index in [9.17, 15) is 8.42 Å². The maximum atomic E-state index is 11.3. The average molecular weight is 229 g/mol. The van der Waals surface area contributed by atoms with Crippen molar-refractivity contribution < 1.29 is 8.42 Å². The predicted molar refractivity (Wildman–Crippen MR) is 58.6 cm³/mol. The first-order chi connectivity index (χ1) is 6.96. The summed E-state index contributed by atoms with van der Waals surface area (Å²) in [5, 5.41) is 3.16. The van der Waals surface area contributed by atoms with Gasteiger partial charge in [-0.15, -0.1) is 0 Å². The molecule has 15 heavy (non-hydrogen) atoms. The van der Waals surface area contributed by atoms with Crippen molar-refractivity contribution in [2.24, 2.45) is 7.05 Å². The Morgan fingerprint density at radius 1 is 1.60 bits per heavy atom. The van der Waals surface area contributed by atoms with E-state index in [1.54, 1.807) is 0 Å². The molecule has 1 N–H and O–H groups in total. The number of hydrogen-bond acceptors (Lipinski definition) is 4. The van der Waals surface area contributed by atoms with Gasteiger partial charge in [-0.2, -0.15) is 0 Å². The molecule has 0 amide bonds. The van der Waals surface area contributed by atoms with Gasteiger partial charge in [-0.1, -0.05) is 0 Å². The summed E-state index contributed by atoms with van der Waals surface area (Å²) >= 11 is 0. The van der Waals surface area contributed by atoms with E-state index < -0.39 is 9.84 Å². The molecule has 1 aromatic rings. The Hall–Kier alpha value is -1.04. The maximum Gasteiger partial charge on any atom is 0.203 e. The molecule has 1 fully saturated rings. The molecule has 2 rings (SSSR count). The second-order valence-electron chi connectivity index (χ2n) is 4.06. The van der Waals surface area contributed by atoms with Crippen molar-refractivity contribution in [1.29, 1.82) is 0 Å². The summed E-state index contributed by atoms with van der Waals surface area (Å²) in [4.78, 5) is 4.28. The van der Waals surface area contributed by atoms with Gasteiger partial charge in [0.15, 0.2) is 9.84 Å². The highest BCUT2D eigenvalue weighted by atomic mass is 32.2. The van der Waals surface area contributed by atoms with Crippen LogP contribution in [0.2, 0.25) is 0 Å². The first kappa shape index (κ1) is 10.5. The number of nitrogens with one attached hydrogen (secondary N) is 1. The van der Waals surface area contributed by atoms with Crippen LogP contribution in [0.5, 0.6) is 0 Å². The second kappa shape index (κ2) is 3.52. The lowest BCUT2D eigenvalue weighted by atomic mass is 10.3. The Morgan fingerprint density at radius 2 is 2.33 bits per heavy atom. The van der Waals surface area contributed by atoms with Crippen LogP contribution in [-0.2, 0) is 16.9 Å². The average Bonchev–Trinajstić information content (AvgIpc) is 2.57. The molecule has 0 radical (unpaired) electrons. The Kier molecular flexibility index (Phi) is 2.46. The first-order valence-electron chi connectivity index (χ1n) is 4.93. The molecular weight excluding hydrogens is 214 g/mol. The molecule has 1 aliphatic heterocycles. The Morgan fingerprint density at radius 3 is 2.80 bits per heavy atom. The van der Waals surface area contributed by atoms with Crippen molar-refractivity contribution >= 4 is 15.8 Å². The zero-order chi connectivity index (χ0) is 11.1. The van der Waals surface area contributed by atoms with Crippen LogP contribution in [0.3, 0.4) is 0 Å². The third-order valence-electron chi connectivity index (χ3n) is 2.56. The van der Waals surface area contributed by atoms with E-state index >= 15 is 0 Å². The molecule has 84 valence electrons. The molecule has 1 atom stereocenters. The highest BCUT2D eigenvalue weighted by Gasteiger charge is 2.28. The van der Waals surface area contributed by atoms with E-state index in [1.807, 2.05) is 24.7 Å². The van der Waals surface area contributed by atoms with E-state index in [-0.39, 0.29) is 17.5 Å². The molecular formula is C9H15N3O2S. The van der Waals surface area contributed by atoms with Gasteiger partial charge < -0.3 is 9.88 Å². The van der Waals surface area contributed by atoms with E-state index in [2.05, 4.69) is 10.3 Å². The van der Waals surface area contributed by atoms with E-state index in [1.165, 1.54) is 0 Å². The molecule has 0 aliphatic carbocycles. The van der Waals surface area contributed by atoms with Gasteiger partial charge in [0.1, 0.15) is 0 Å². The van der Waals surface area contributed by atoms with Crippen molar-refractivity contribution in [2.45, 2.75) is 19.4 Å². The van der Waals surface area contributed by atoms with Crippen LogP contribution >= 0.6 is 0 Å². The zero-order valence-electron chi connectivity index (χ0n) is 8.90. The Balaban J connectivity index is 2.08. The molecule has 0 saturated carbocycles. The Labute approximate surface area is 89.4 Å². The summed E-state index contributed by atoms with van der Waals surface area (Å²) in [6.45, 7) is 1.91. The van der Waals surface area contributed by atoms with Gasteiger partial charge in [0.25, 0.3) is 0 Å². The third-order valence-corrected chi connectivity index (χ3v) is 4.33. The standard InChI is InChI=1S/C9H15N3O2S/c1-7-5-12(2)9(10-7)11-8-3-4-15(13,14)6-8/h5,8H,3-4,6H2,1-2H3,(H,10,11). The zero-order valence-corrected chi connectivity index (χ0v) is 9.71. The smallest absolute Gasteiger partial charge is 0.203 e. The van der Waals surface area contributed by atoms with Crippen LogP contribution in [0.1, 0.15) is 12.1 Å². The van der Waals surface area contributed by atoms with Crippen LogP contribution in [0.25, 0.3) is 0 Å². The van der Waals surface area contributed by atoms with Crippen molar-refractivity contribution in [3.8, 4) is 0 Å². The largest absolute Gasteiger partial charge is 0.352 e. The third kappa shape index (κ3) is 2.31. The molecule has 0 aromatic carbocycles. The second-order valence-corrected chi connectivity index (χ2v) is 6.29. The highest BCUT2D eigenvalue weighted by Crippen LogP contribution is 2.16. The number of imidazole rings is 1. The normalized spacial score (nSPS) is 24.3. The van der Waals surface area contributed by atoms with Gasteiger partial charge in [-0.05, 0) is 13.3 Å². The van der Waals surface area contributed by atoms with Gasteiger partial charge >= 0.3 is 0 Å². The summed E-state index contributed by atoms with van der Waals surface area (Å²) in [5.41, 5.74) is 0.931.